The zero-order valence-corrected chi connectivity index (χ0v) is 18.4. The molecule has 1 aliphatic heterocycles. The molecule has 0 spiro atoms. The van der Waals surface area contributed by atoms with E-state index in [0.717, 1.165) is 11.1 Å². The second kappa shape index (κ2) is 13.0. The number of nitrogens with zero attached hydrogens (tertiary/aromatic N) is 1. The van der Waals surface area contributed by atoms with Crippen molar-refractivity contribution in [1.29, 1.82) is 0 Å². The van der Waals surface area contributed by atoms with Crippen molar-refractivity contribution in [2.45, 2.75) is 32.9 Å². The highest BCUT2D eigenvalue weighted by molar-refractivity contribution is 5.98. The minimum atomic E-state index is -0.934. The molecule has 1 aromatic rings. The molecule has 0 saturated carbocycles. The van der Waals surface area contributed by atoms with Crippen molar-refractivity contribution < 1.29 is 29.3 Å². The minimum absolute atomic E-state index is 0.0247. The van der Waals surface area contributed by atoms with E-state index in [1.807, 2.05) is 24.3 Å². The van der Waals surface area contributed by atoms with Gasteiger partial charge in [-0.1, -0.05) is 50.8 Å². The van der Waals surface area contributed by atoms with E-state index in [2.05, 4.69) is 24.7 Å². The largest absolute Gasteiger partial charge is 0.481 e. The smallest absolute Gasteiger partial charge is 0.355 e. The molecule has 0 aliphatic carbocycles. The first kappa shape index (κ1) is 26.5. The molecular weight excluding hydrogens is 412 g/mol. The number of benzene rings is 1. The highest BCUT2D eigenvalue weighted by Crippen LogP contribution is 2.40. The van der Waals surface area contributed by atoms with E-state index >= 15 is 0 Å². The number of aliphatic carboxylic acids is 1. The number of hydrogen-bond donors (Lipinski definition) is 3. The van der Waals surface area contributed by atoms with Crippen molar-refractivity contribution in [3.63, 3.8) is 0 Å². The zero-order chi connectivity index (χ0) is 24.3. The number of terminal acetylenes is 1. The van der Waals surface area contributed by atoms with Crippen molar-refractivity contribution in [3.05, 3.63) is 53.7 Å². The summed E-state index contributed by atoms with van der Waals surface area (Å²) in [6.07, 6.45) is 10.5. The van der Waals surface area contributed by atoms with Crippen LogP contribution in [-0.2, 0) is 25.7 Å². The Bertz CT molecular complexity index is 859. The summed E-state index contributed by atoms with van der Waals surface area (Å²) in [7, 11) is 0. The van der Waals surface area contributed by atoms with E-state index in [1.54, 1.807) is 13.8 Å². The molecule has 1 aromatic carbocycles. The number of nitrogens with one attached hydrogen (secondary N) is 1. The molecule has 0 radical (unpaired) electrons. The Morgan fingerprint density at radius 1 is 1.31 bits per heavy atom. The number of aliphatic hydroxyl groups is 1. The van der Waals surface area contributed by atoms with Crippen molar-refractivity contribution in [3.8, 4) is 12.8 Å². The van der Waals surface area contributed by atoms with Crippen LogP contribution in [0, 0.1) is 24.7 Å². The van der Waals surface area contributed by atoms with Gasteiger partial charge in [-0.05, 0) is 29.0 Å². The van der Waals surface area contributed by atoms with E-state index in [-0.39, 0.29) is 24.3 Å². The molecule has 0 bridgehead atoms. The molecule has 1 amide bonds. The summed E-state index contributed by atoms with van der Waals surface area (Å²) in [5.74, 6) is -2.52. The molecule has 0 fully saturated rings. The third-order valence-corrected chi connectivity index (χ3v) is 5.54. The number of ether oxygens (including phenoxy) is 1. The second-order valence-electron chi connectivity index (χ2n) is 7.28. The number of carbonyl (C=O) groups excluding carboxylic acids is 2. The van der Waals surface area contributed by atoms with Crippen LogP contribution in [0.3, 0.4) is 0 Å². The Morgan fingerprint density at radius 3 is 2.44 bits per heavy atom. The van der Waals surface area contributed by atoms with Crippen LogP contribution in [0.2, 0.25) is 0 Å². The number of esters is 1. The van der Waals surface area contributed by atoms with Gasteiger partial charge in [-0.2, -0.15) is 0 Å². The topological polar surface area (TPSA) is 116 Å². The monoisotopic (exact) mass is 442 g/mol. The van der Waals surface area contributed by atoms with E-state index in [4.69, 9.17) is 4.74 Å². The van der Waals surface area contributed by atoms with Gasteiger partial charge in [0.05, 0.1) is 5.92 Å². The molecule has 3 atom stereocenters. The fourth-order valence-corrected chi connectivity index (χ4v) is 3.64. The Hall–Kier alpha value is -3.57. The zero-order valence-electron chi connectivity index (χ0n) is 18.4. The van der Waals surface area contributed by atoms with Gasteiger partial charge in [0.1, 0.15) is 19.0 Å². The standard InChI is InChI=1S/C22H28N2O6.C2H2/c1-4-9-30-22(29)20-18(17-7-5-16(6-8-17)11-23-12-25)10-19(24(20)13-26)14(2)15(3)21(27)28;1-2/h4-8,12,14-15,19,26H,1,9-11,13H2,2-3H3,(H,23,25)(H,27,28);1-2H. The van der Waals surface area contributed by atoms with Crippen molar-refractivity contribution in [1.82, 2.24) is 10.2 Å². The van der Waals surface area contributed by atoms with Crippen LogP contribution < -0.4 is 5.32 Å². The summed E-state index contributed by atoms with van der Waals surface area (Å²) in [6.45, 7) is 6.93. The Labute approximate surface area is 188 Å². The molecule has 172 valence electrons. The highest BCUT2D eigenvalue weighted by Gasteiger charge is 2.41. The lowest BCUT2D eigenvalue weighted by Crippen LogP contribution is -2.41. The van der Waals surface area contributed by atoms with E-state index in [9.17, 15) is 24.6 Å². The summed E-state index contributed by atoms with van der Waals surface area (Å²) in [4.78, 5) is 36.3. The van der Waals surface area contributed by atoms with Gasteiger partial charge in [0, 0.05) is 12.6 Å². The maximum Gasteiger partial charge on any atom is 0.355 e. The van der Waals surface area contributed by atoms with Crippen LogP contribution in [0.25, 0.3) is 5.57 Å². The molecule has 2 rings (SSSR count). The number of carboxylic acid groups (broad SMARTS) is 1. The SMILES string of the molecule is C#C.C=CCOC(=O)C1=C(c2ccc(CNC=O)cc2)CC(C(C)C(C)C(=O)O)N1CO. The molecule has 3 unspecified atom stereocenters. The van der Waals surface area contributed by atoms with Gasteiger partial charge >= 0.3 is 11.9 Å². The second-order valence-corrected chi connectivity index (χ2v) is 7.28. The van der Waals surface area contributed by atoms with Crippen LogP contribution >= 0.6 is 0 Å². The van der Waals surface area contributed by atoms with Crippen LogP contribution in [0.4, 0.5) is 0 Å². The van der Waals surface area contributed by atoms with Crippen molar-refractivity contribution in [2.75, 3.05) is 13.3 Å². The van der Waals surface area contributed by atoms with Crippen LogP contribution in [0.1, 0.15) is 31.4 Å². The highest BCUT2D eigenvalue weighted by atomic mass is 16.5. The molecular formula is C24H30N2O6. The molecule has 32 heavy (non-hydrogen) atoms. The summed E-state index contributed by atoms with van der Waals surface area (Å²) >= 11 is 0. The lowest BCUT2D eigenvalue weighted by molar-refractivity contribution is -0.144. The van der Waals surface area contributed by atoms with E-state index in [1.165, 1.54) is 11.0 Å². The average Bonchev–Trinajstić information content (AvgIpc) is 3.21. The number of rotatable bonds is 11. The maximum absolute atomic E-state index is 12.8. The Kier molecular flexibility index (Phi) is 10.7. The average molecular weight is 443 g/mol. The van der Waals surface area contributed by atoms with Crippen molar-refractivity contribution in [2.24, 2.45) is 11.8 Å². The third-order valence-electron chi connectivity index (χ3n) is 5.54. The van der Waals surface area contributed by atoms with Crippen LogP contribution in [0.15, 0.2) is 42.6 Å². The fourth-order valence-electron chi connectivity index (χ4n) is 3.64. The number of aliphatic hydroxyl groups excluding tert-OH is 1. The molecule has 0 aromatic heterocycles. The van der Waals surface area contributed by atoms with Gasteiger partial charge in [-0.15, -0.1) is 12.8 Å². The van der Waals surface area contributed by atoms with Gasteiger partial charge in [0.2, 0.25) is 6.41 Å². The van der Waals surface area contributed by atoms with Gasteiger partial charge in [-0.25, -0.2) is 4.79 Å². The predicted octanol–water partition coefficient (Wildman–Crippen LogP) is 2.00. The summed E-state index contributed by atoms with van der Waals surface area (Å²) in [5, 5.41) is 22.0. The lowest BCUT2D eigenvalue weighted by Gasteiger charge is -2.32. The maximum atomic E-state index is 12.8. The van der Waals surface area contributed by atoms with E-state index in [0.29, 0.717) is 24.9 Å². The van der Waals surface area contributed by atoms with Gasteiger partial charge in [0.25, 0.3) is 0 Å². The molecule has 1 aliphatic rings. The summed E-state index contributed by atoms with van der Waals surface area (Å²) < 4.78 is 5.24. The predicted molar refractivity (Wildman–Crippen MR) is 121 cm³/mol. The number of carbonyl (C=O) groups is 3. The quantitative estimate of drug-likeness (QED) is 0.208. The van der Waals surface area contributed by atoms with Crippen LogP contribution in [0.5, 0.6) is 0 Å². The lowest BCUT2D eigenvalue weighted by atomic mass is 9.85. The van der Waals surface area contributed by atoms with Gasteiger partial charge < -0.3 is 25.2 Å². The first-order valence-corrected chi connectivity index (χ1v) is 10.1. The van der Waals surface area contributed by atoms with Crippen LogP contribution in [-0.4, -0.2) is 52.8 Å². The number of amides is 1. The molecule has 1 heterocycles. The number of carboxylic acids is 1. The third kappa shape index (κ3) is 6.22. The first-order valence-electron chi connectivity index (χ1n) is 10.1. The van der Waals surface area contributed by atoms with Crippen molar-refractivity contribution >= 4 is 23.9 Å². The fraction of sp³-hybridized carbons (Fsp3) is 0.375. The molecule has 8 nitrogen and oxygen atoms in total. The minimum Gasteiger partial charge on any atom is -0.481 e. The number of hydrogen-bond acceptors (Lipinski definition) is 6. The Morgan fingerprint density at radius 2 is 1.94 bits per heavy atom. The van der Waals surface area contributed by atoms with E-state index < -0.39 is 24.6 Å². The Balaban J connectivity index is 0.00000249. The summed E-state index contributed by atoms with van der Waals surface area (Å²) in [6, 6.07) is 6.97. The van der Waals surface area contributed by atoms with Gasteiger partial charge in [0.15, 0.2) is 0 Å². The summed E-state index contributed by atoms with van der Waals surface area (Å²) in [5.41, 5.74) is 2.57. The first-order chi connectivity index (χ1) is 15.3. The molecule has 3 N–H and O–H groups in total. The molecule has 0 saturated heterocycles. The normalized spacial score (nSPS) is 16.9. The molecule has 8 heteroatoms. The van der Waals surface area contributed by atoms with Gasteiger partial charge in [-0.3, -0.25) is 9.59 Å².